The number of halogens is 3. The first-order valence-electron chi connectivity index (χ1n) is 8.93. The van der Waals surface area contributed by atoms with Crippen LogP contribution < -0.4 is 37.2 Å². The largest absolute Gasteiger partial charge is 3.00 e. The van der Waals surface area contributed by atoms with E-state index >= 15 is 0 Å². The maximum atomic E-state index is 5.39. The molecule has 11 heteroatoms. The first-order chi connectivity index (χ1) is 13.8. The summed E-state index contributed by atoms with van der Waals surface area (Å²) in [4.78, 5) is 23.3. The van der Waals surface area contributed by atoms with Gasteiger partial charge in [-0.2, -0.15) is 0 Å². The van der Waals surface area contributed by atoms with E-state index < -0.39 is 0 Å². The number of allylic oxidation sites excluding steroid dienone is 4. The van der Waals surface area contributed by atoms with E-state index in [1.807, 2.05) is 54.7 Å². The molecule has 0 aromatic carbocycles. The number of fused-ring (bicyclic) bond motifs is 2. The summed E-state index contributed by atoms with van der Waals surface area (Å²) in [5.41, 5.74) is 2.96. The molecule has 2 aliphatic heterocycles. The van der Waals surface area contributed by atoms with Crippen molar-refractivity contribution in [2.24, 2.45) is 20.0 Å². The summed E-state index contributed by atoms with van der Waals surface area (Å²) in [6.07, 6.45) is 11.6. The Labute approximate surface area is 216 Å². The number of amidine groups is 2. The van der Waals surface area contributed by atoms with Crippen molar-refractivity contribution in [2.45, 2.75) is 12.1 Å². The fourth-order valence-corrected chi connectivity index (χ4v) is 3.42. The summed E-state index contributed by atoms with van der Waals surface area (Å²) >= 11 is 0. The average molecular weight is 529 g/mol. The van der Waals surface area contributed by atoms with Crippen LogP contribution in [0.2, 0.25) is 0 Å². The molecule has 2 unspecified atom stereocenters. The van der Waals surface area contributed by atoms with Crippen LogP contribution in [0.1, 0.15) is 11.4 Å². The molecular weight excluding hydrogens is 512 g/mol. The van der Waals surface area contributed by atoms with Crippen LogP contribution in [0.3, 0.4) is 0 Å². The molecule has 0 amide bonds. The van der Waals surface area contributed by atoms with Crippen molar-refractivity contribution >= 4 is 23.1 Å². The summed E-state index contributed by atoms with van der Waals surface area (Å²) in [7, 11) is 3.27. The van der Waals surface area contributed by atoms with E-state index in [-0.39, 0.29) is 67.9 Å². The van der Waals surface area contributed by atoms with Gasteiger partial charge in [-0.1, -0.05) is 30.4 Å². The van der Waals surface area contributed by atoms with Gasteiger partial charge in [0.15, 0.2) is 11.7 Å². The smallest absolute Gasteiger partial charge is 1.00 e. The van der Waals surface area contributed by atoms with Crippen molar-refractivity contribution < 1.29 is 65.3 Å². The third-order valence-electron chi connectivity index (χ3n) is 4.77. The SMILES string of the molecule is COC1=CC=CC2N=C(c3cccc(C4=NC5C=CC=C(OC)C5=N4)n3)N=C12.[Cl-].[Cl-].[Cl-].[V+3]. The Morgan fingerprint density at radius 1 is 0.719 bits per heavy atom. The fourth-order valence-electron chi connectivity index (χ4n) is 3.42. The van der Waals surface area contributed by atoms with Gasteiger partial charge in [0.2, 0.25) is 0 Å². The van der Waals surface area contributed by atoms with Crippen LogP contribution in [-0.4, -0.2) is 54.4 Å². The second-order valence-electron chi connectivity index (χ2n) is 6.44. The maximum Gasteiger partial charge on any atom is 3.00 e. The van der Waals surface area contributed by atoms with Crippen molar-refractivity contribution in [3.63, 3.8) is 0 Å². The first kappa shape index (κ1) is 27.9. The zero-order valence-electron chi connectivity index (χ0n) is 17.0. The van der Waals surface area contributed by atoms with Crippen LogP contribution in [0, 0.1) is 0 Å². The Kier molecular flexibility index (Phi) is 10.1. The normalized spacial score (nSPS) is 21.3. The number of nitrogens with zero attached hydrogens (tertiary/aromatic N) is 5. The molecule has 164 valence electrons. The van der Waals surface area contributed by atoms with Gasteiger partial charge in [-0.3, -0.25) is 9.98 Å². The molecule has 32 heavy (non-hydrogen) atoms. The number of aromatic nitrogens is 1. The molecule has 4 aliphatic rings. The minimum atomic E-state index is -0.133. The summed E-state index contributed by atoms with van der Waals surface area (Å²) in [5, 5.41) is 0. The Balaban J connectivity index is 0.00000128. The predicted molar refractivity (Wildman–Crippen MR) is 108 cm³/mol. The summed E-state index contributed by atoms with van der Waals surface area (Å²) < 4.78 is 10.8. The van der Waals surface area contributed by atoms with E-state index in [2.05, 4.69) is 20.0 Å². The number of pyridine rings is 1. The third-order valence-corrected chi connectivity index (χ3v) is 4.77. The van der Waals surface area contributed by atoms with Crippen molar-refractivity contribution in [3.05, 3.63) is 77.6 Å². The molecular formula is C21H17Cl3N5O2V. The van der Waals surface area contributed by atoms with Gasteiger partial charge in [0, 0.05) is 0 Å². The molecule has 2 atom stereocenters. The Morgan fingerprint density at radius 3 is 1.56 bits per heavy atom. The molecule has 0 spiro atoms. The number of hydrogen-bond acceptors (Lipinski definition) is 7. The molecule has 0 radical (unpaired) electrons. The summed E-state index contributed by atoms with van der Waals surface area (Å²) in [6, 6.07) is 5.43. The maximum absolute atomic E-state index is 5.39. The number of methoxy groups -OCH3 is 2. The number of hydrogen-bond donors (Lipinski definition) is 0. The Bertz CT molecular complexity index is 1040. The van der Waals surface area contributed by atoms with Crippen molar-refractivity contribution in [3.8, 4) is 0 Å². The van der Waals surface area contributed by atoms with Crippen LogP contribution in [-0.2, 0) is 28.0 Å². The van der Waals surface area contributed by atoms with E-state index in [9.17, 15) is 0 Å². The molecule has 0 N–H and O–H groups in total. The fraction of sp³-hybridized carbons (Fsp3) is 0.190. The monoisotopic (exact) mass is 527 g/mol. The zero-order valence-corrected chi connectivity index (χ0v) is 20.6. The van der Waals surface area contributed by atoms with Gasteiger partial charge in [0.1, 0.15) is 46.4 Å². The van der Waals surface area contributed by atoms with E-state index in [4.69, 9.17) is 14.5 Å². The van der Waals surface area contributed by atoms with Crippen LogP contribution >= 0.6 is 0 Å². The van der Waals surface area contributed by atoms with Crippen LogP contribution in [0.4, 0.5) is 0 Å². The van der Waals surface area contributed by atoms with Gasteiger partial charge in [0.05, 0.1) is 14.2 Å². The van der Waals surface area contributed by atoms with E-state index in [0.29, 0.717) is 23.1 Å². The second-order valence-corrected chi connectivity index (χ2v) is 6.44. The van der Waals surface area contributed by atoms with Gasteiger partial charge in [-0.15, -0.1) is 0 Å². The van der Waals surface area contributed by atoms with Crippen LogP contribution in [0.25, 0.3) is 0 Å². The van der Waals surface area contributed by atoms with Gasteiger partial charge < -0.3 is 46.7 Å². The first-order valence-corrected chi connectivity index (χ1v) is 8.93. The average Bonchev–Trinajstić information content (AvgIpc) is 3.37. The third kappa shape index (κ3) is 4.92. The molecule has 1 aromatic heterocycles. The number of ether oxygens (including phenoxy) is 2. The molecule has 0 fully saturated rings. The number of aliphatic imine (C=N–C) groups is 4. The predicted octanol–water partition coefficient (Wildman–Crippen LogP) is -6.57. The van der Waals surface area contributed by atoms with Crippen molar-refractivity contribution in [2.75, 3.05) is 14.2 Å². The molecule has 0 saturated carbocycles. The van der Waals surface area contributed by atoms with Gasteiger partial charge >= 0.3 is 18.6 Å². The molecule has 3 heterocycles. The summed E-state index contributed by atoms with van der Waals surface area (Å²) in [5.74, 6) is 2.61. The molecule has 0 bridgehead atoms. The Morgan fingerprint density at radius 2 is 1.16 bits per heavy atom. The molecule has 2 aliphatic carbocycles. The molecule has 7 nitrogen and oxygen atoms in total. The quantitative estimate of drug-likeness (QED) is 0.390. The van der Waals surface area contributed by atoms with Gasteiger partial charge in [-0.25, -0.2) is 15.0 Å². The van der Waals surface area contributed by atoms with Crippen LogP contribution in [0.5, 0.6) is 0 Å². The number of rotatable bonds is 4. The van der Waals surface area contributed by atoms with E-state index in [0.717, 1.165) is 22.9 Å². The Hall–Kier alpha value is -2.16. The molecule has 1 aromatic rings. The summed E-state index contributed by atoms with van der Waals surface area (Å²) in [6.45, 7) is 0. The standard InChI is InChI=1S/C21H17N5O2.3ClH.V/c1-27-16-10-4-6-12-18(16)25-20(23-12)14-8-3-9-15(22-14)21-24-13-7-5-11-17(28-2)19(13)26-21;;;;/h3-13H,1-2H3;3*1H;/q;;;;+3/p-3. The minimum Gasteiger partial charge on any atom is -1.00 e. The molecule has 5 rings (SSSR count). The zero-order chi connectivity index (χ0) is 19.1. The van der Waals surface area contributed by atoms with Gasteiger partial charge in [-0.05, 0) is 24.3 Å². The van der Waals surface area contributed by atoms with Crippen LogP contribution in [0.15, 0.2) is 86.1 Å². The second kappa shape index (κ2) is 11.6. The minimum absolute atomic E-state index is 0. The van der Waals surface area contributed by atoms with E-state index in [1.165, 1.54) is 0 Å². The van der Waals surface area contributed by atoms with Crippen molar-refractivity contribution in [1.29, 1.82) is 0 Å². The molecule has 0 saturated heterocycles. The topological polar surface area (TPSA) is 80.8 Å². The van der Waals surface area contributed by atoms with Crippen molar-refractivity contribution in [1.82, 2.24) is 4.98 Å². The van der Waals surface area contributed by atoms with Gasteiger partial charge in [0.25, 0.3) is 0 Å². The van der Waals surface area contributed by atoms with E-state index in [1.54, 1.807) is 14.2 Å².